The summed E-state index contributed by atoms with van der Waals surface area (Å²) in [5.41, 5.74) is 1.33. The summed E-state index contributed by atoms with van der Waals surface area (Å²) >= 11 is 1.50. The van der Waals surface area contributed by atoms with Crippen molar-refractivity contribution in [1.82, 2.24) is 10.3 Å². The molecule has 2 aromatic rings. The molecule has 5 heteroatoms. The van der Waals surface area contributed by atoms with Crippen LogP contribution in [0.15, 0.2) is 18.2 Å². The molecule has 1 aromatic heterocycles. The SMILES string of the molecule is Cc1nc(-c2ccc(F)cc2F)sc1C1CNC1. The van der Waals surface area contributed by atoms with Crippen molar-refractivity contribution in [2.45, 2.75) is 12.8 Å². The predicted molar refractivity (Wildman–Crippen MR) is 67.8 cm³/mol. The minimum Gasteiger partial charge on any atom is -0.315 e. The van der Waals surface area contributed by atoms with Crippen molar-refractivity contribution in [1.29, 1.82) is 0 Å². The molecule has 0 atom stereocenters. The highest BCUT2D eigenvalue weighted by Crippen LogP contribution is 2.35. The Morgan fingerprint density at radius 2 is 2.11 bits per heavy atom. The maximum Gasteiger partial charge on any atom is 0.136 e. The van der Waals surface area contributed by atoms with Gasteiger partial charge in [-0.15, -0.1) is 11.3 Å². The average molecular weight is 266 g/mol. The van der Waals surface area contributed by atoms with Crippen LogP contribution in [0.5, 0.6) is 0 Å². The molecule has 0 unspecified atom stereocenters. The molecule has 0 radical (unpaired) electrons. The van der Waals surface area contributed by atoms with E-state index in [1.165, 1.54) is 28.3 Å². The smallest absolute Gasteiger partial charge is 0.136 e. The summed E-state index contributed by atoms with van der Waals surface area (Å²) in [6.07, 6.45) is 0. The zero-order chi connectivity index (χ0) is 12.7. The van der Waals surface area contributed by atoms with Gasteiger partial charge >= 0.3 is 0 Å². The first-order chi connectivity index (χ1) is 8.65. The molecule has 0 amide bonds. The first-order valence-electron chi connectivity index (χ1n) is 5.78. The molecular formula is C13H12F2N2S. The third-order valence-electron chi connectivity index (χ3n) is 3.15. The van der Waals surface area contributed by atoms with Gasteiger partial charge in [-0.2, -0.15) is 0 Å². The zero-order valence-corrected chi connectivity index (χ0v) is 10.7. The fourth-order valence-corrected chi connectivity index (χ4v) is 3.23. The maximum absolute atomic E-state index is 13.7. The molecule has 94 valence electrons. The van der Waals surface area contributed by atoms with E-state index in [9.17, 15) is 8.78 Å². The van der Waals surface area contributed by atoms with E-state index >= 15 is 0 Å². The predicted octanol–water partition coefficient (Wildman–Crippen LogP) is 3.08. The lowest BCUT2D eigenvalue weighted by Gasteiger charge is -2.26. The minimum absolute atomic E-state index is 0.378. The molecule has 3 rings (SSSR count). The molecule has 18 heavy (non-hydrogen) atoms. The topological polar surface area (TPSA) is 24.9 Å². The lowest BCUT2D eigenvalue weighted by atomic mass is 10.0. The minimum atomic E-state index is -0.562. The Morgan fingerprint density at radius 3 is 2.72 bits per heavy atom. The van der Waals surface area contributed by atoms with Crippen LogP contribution in [-0.2, 0) is 0 Å². The zero-order valence-electron chi connectivity index (χ0n) is 9.84. The number of halogens is 2. The first-order valence-corrected chi connectivity index (χ1v) is 6.60. The van der Waals surface area contributed by atoms with Crippen LogP contribution in [0.2, 0.25) is 0 Å². The molecule has 1 aliphatic heterocycles. The van der Waals surface area contributed by atoms with Gasteiger partial charge in [-0.3, -0.25) is 0 Å². The summed E-state index contributed by atoms with van der Waals surface area (Å²) in [7, 11) is 0. The van der Waals surface area contributed by atoms with Gasteiger partial charge in [-0.05, 0) is 19.1 Å². The molecule has 2 heterocycles. The van der Waals surface area contributed by atoms with Crippen LogP contribution in [0, 0.1) is 18.6 Å². The number of benzene rings is 1. The fourth-order valence-electron chi connectivity index (χ4n) is 2.04. The van der Waals surface area contributed by atoms with Crippen molar-refractivity contribution in [3.63, 3.8) is 0 Å². The molecular weight excluding hydrogens is 254 g/mol. The van der Waals surface area contributed by atoms with Crippen LogP contribution >= 0.6 is 11.3 Å². The lowest BCUT2D eigenvalue weighted by molar-refractivity contribution is 0.452. The van der Waals surface area contributed by atoms with Gasteiger partial charge in [0.1, 0.15) is 16.6 Å². The van der Waals surface area contributed by atoms with Crippen LogP contribution < -0.4 is 5.32 Å². The van der Waals surface area contributed by atoms with Crippen LogP contribution in [0.1, 0.15) is 16.5 Å². The van der Waals surface area contributed by atoms with Gasteiger partial charge < -0.3 is 5.32 Å². The van der Waals surface area contributed by atoms with Gasteiger partial charge in [-0.25, -0.2) is 13.8 Å². The number of hydrogen-bond acceptors (Lipinski definition) is 3. The average Bonchev–Trinajstić information content (AvgIpc) is 2.58. The van der Waals surface area contributed by atoms with Crippen LogP contribution in [-0.4, -0.2) is 18.1 Å². The Labute approximate surface area is 108 Å². The number of rotatable bonds is 2. The number of nitrogens with one attached hydrogen (secondary N) is 1. The Hall–Kier alpha value is -1.33. The summed E-state index contributed by atoms with van der Waals surface area (Å²) in [4.78, 5) is 5.60. The third-order valence-corrected chi connectivity index (χ3v) is 4.50. The number of nitrogens with zero attached hydrogens (tertiary/aromatic N) is 1. The highest BCUT2D eigenvalue weighted by molar-refractivity contribution is 7.15. The number of aromatic nitrogens is 1. The van der Waals surface area contributed by atoms with Gasteiger partial charge in [0.25, 0.3) is 0 Å². The monoisotopic (exact) mass is 266 g/mol. The van der Waals surface area contributed by atoms with Crippen LogP contribution in [0.4, 0.5) is 8.78 Å². The Kier molecular flexibility index (Phi) is 2.87. The van der Waals surface area contributed by atoms with Crippen molar-refractivity contribution in [2.75, 3.05) is 13.1 Å². The van der Waals surface area contributed by atoms with E-state index in [1.54, 1.807) is 0 Å². The molecule has 1 N–H and O–H groups in total. The van der Waals surface area contributed by atoms with E-state index in [-0.39, 0.29) is 0 Å². The van der Waals surface area contributed by atoms with Gasteiger partial charge in [0, 0.05) is 35.5 Å². The van der Waals surface area contributed by atoms with Crippen molar-refractivity contribution in [3.05, 3.63) is 40.4 Å². The fraction of sp³-hybridized carbons (Fsp3) is 0.308. The Balaban J connectivity index is 2.01. The second-order valence-electron chi connectivity index (χ2n) is 4.45. The van der Waals surface area contributed by atoms with Gasteiger partial charge in [0.2, 0.25) is 0 Å². The van der Waals surface area contributed by atoms with Gasteiger partial charge in [0.15, 0.2) is 0 Å². The van der Waals surface area contributed by atoms with Gasteiger partial charge in [-0.1, -0.05) is 0 Å². The molecule has 0 saturated carbocycles. The molecule has 0 spiro atoms. The molecule has 1 aromatic carbocycles. The summed E-state index contributed by atoms with van der Waals surface area (Å²) in [6.45, 7) is 3.85. The second-order valence-corrected chi connectivity index (χ2v) is 5.48. The van der Waals surface area contributed by atoms with E-state index in [1.807, 2.05) is 6.92 Å². The maximum atomic E-state index is 13.7. The van der Waals surface area contributed by atoms with E-state index in [2.05, 4.69) is 10.3 Å². The largest absolute Gasteiger partial charge is 0.315 e. The van der Waals surface area contributed by atoms with E-state index in [0.29, 0.717) is 16.5 Å². The number of thiazole rings is 1. The first kappa shape index (κ1) is 11.7. The molecule has 0 aliphatic carbocycles. The van der Waals surface area contributed by atoms with Crippen molar-refractivity contribution in [3.8, 4) is 10.6 Å². The normalized spacial score (nSPS) is 15.7. The van der Waals surface area contributed by atoms with E-state index in [4.69, 9.17) is 0 Å². The van der Waals surface area contributed by atoms with Gasteiger partial charge in [0.05, 0.1) is 5.69 Å². The Bertz CT molecular complexity index is 591. The Morgan fingerprint density at radius 1 is 1.33 bits per heavy atom. The van der Waals surface area contributed by atoms with Crippen LogP contribution in [0.25, 0.3) is 10.6 Å². The lowest BCUT2D eigenvalue weighted by Crippen LogP contribution is -2.39. The molecule has 1 saturated heterocycles. The quantitative estimate of drug-likeness (QED) is 0.903. The highest BCUT2D eigenvalue weighted by Gasteiger charge is 2.24. The molecule has 2 nitrogen and oxygen atoms in total. The number of aryl methyl sites for hydroxylation is 1. The molecule has 1 fully saturated rings. The van der Waals surface area contributed by atoms with Crippen LogP contribution in [0.3, 0.4) is 0 Å². The highest BCUT2D eigenvalue weighted by atomic mass is 32.1. The summed E-state index contributed by atoms with van der Waals surface area (Å²) in [5, 5.41) is 3.84. The summed E-state index contributed by atoms with van der Waals surface area (Å²) in [6, 6.07) is 3.61. The van der Waals surface area contributed by atoms with Crippen molar-refractivity contribution < 1.29 is 8.78 Å². The standard InChI is InChI=1S/C13H12F2N2S/c1-7-12(8-5-16-6-8)18-13(17-7)10-3-2-9(14)4-11(10)15/h2-4,8,16H,5-6H2,1H3. The summed E-state index contributed by atoms with van der Waals surface area (Å²) < 4.78 is 26.6. The summed E-state index contributed by atoms with van der Waals surface area (Å²) in [5.74, 6) is -0.630. The van der Waals surface area contributed by atoms with Crippen molar-refractivity contribution in [2.24, 2.45) is 0 Å². The van der Waals surface area contributed by atoms with Crippen molar-refractivity contribution >= 4 is 11.3 Å². The van der Waals surface area contributed by atoms with E-state index < -0.39 is 11.6 Å². The third kappa shape index (κ3) is 1.93. The molecule has 0 bridgehead atoms. The van der Waals surface area contributed by atoms with E-state index in [0.717, 1.165) is 24.8 Å². The molecule has 1 aliphatic rings. The number of hydrogen-bond donors (Lipinski definition) is 1. The second kappa shape index (κ2) is 4.40.